The van der Waals surface area contributed by atoms with Crippen molar-refractivity contribution in [1.82, 2.24) is 20.0 Å². The second-order valence-corrected chi connectivity index (χ2v) is 8.27. The van der Waals surface area contributed by atoms with Gasteiger partial charge in [-0.3, -0.25) is 14.5 Å². The Labute approximate surface area is 168 Å². The maximum absolute atomic E-state index is 12.6. The number of hydrogen-bond acceptors (Lipinski definition) is 5. The molecule has 0 aromatic carbocycles. The lowest BCUT2D eigenvalue weighted by atomic mass is 9.92. The van der Waals surface area contributed by atoms with Gasteiger partial charge in [-0.25, -0.2) is 4.79 Å². The second-order valence-electron chi connectivity index (χ2n) is 8.27. The van der Waals surface area contributed by atoms with E-state index in [1.165, 1.54) is 13.5 Å². The number of hydrogen-bond donors (Lipinski definition) is 1. The number of nitrogens with one attached hydrogen (secondary N) is 1. The molecule has 160 valence electrons. The Balaban J connectivity index is 1.62. The van der Waals surface area contributed by atoms with Crippen LogP contribution < -0.4 is 5.32 Å². The van der Waals surface area contributed by atoms with Crippen LogP contribution in [-0.2, 0) is 14.3 Å². The van der Waals surface area contributed by atoms with Crippen molar-refractivity contribution in [3.63, 3.8) is 0 Å². The third-order valence-electron chi connectivity index (χ3n) is 5.55. The van der Waals surface area contributed by atoms with Gasteiger partial charge in [0.25, 0.3) is 0 Å². The Bertz CT molecular complexity index is 524. The van der Waals surface area contributed by atoms with Crippen molar-refractivity contribution in [3.8, 4) is 0 Å². The van der Waals surface area contributed by atoms with E-state index in [9.17, 15) is 14.4 Å². The molecule has 2 aliphatic rings. The maximum Gasteiger partial charge on any atom is 0.317 e. The highest BCUT2D eigenvalue weighted by Gasteiger charge is 2.28. The molecule has 0 aromatic rings. The lowest BCUT2D eigenvalue weighted by molar-refractivity contribution is -0.140. The number of esters is 1. The van der Waals surface area contributed by atoms with Crippen LogP contribution in [0.3, 0.4) is 0 Å². The summed E-state index contributed by atoms with van der Waals surface area (Å²) in [5.41, 5.74) is 0. The number of piperazine rings is 1. The summed E-state index contributed by atoms with van der Waals surface area (Å²) in [6, 6.07) is -0.0669. The number of urea groups is 1. The van der Waals surface area contributed by atoms with E-state index < -0.39 is 0 Å². The van der Waals surface area contributed by atoms with Crippen molar-refractivity contribution < 1.29 is 19.1 Å². The number of amides is 3. The number of piperidine rings is 1. The van der Waals surface area contributed by atoms with Crippen LogP contribution in [0.2, 0.25) is 0 Å². The van der Waals surface area contributed by atoms with Crippen LogP contribution in [0, 0.1) is 11.8 Å². The van der Waals surface area contributed by atoms with E-state index in [0.29, 0.717) is 50.9 Å². The first-order chi connectivity index (χ1) is 13.4. The van der Waals surface area contributed by atoms with Crippen molar-refractivity contribution in [2.45, 2.75) is 39.5 Å². The molecule has 2 fully saturated rings. The molecule has 0 aliphatic carbocycles. The molecule has 1 N–H and O–H groups in total. The fourth-order valence-electron chi connectivity index (χ4n) is 4.07. The van der Waals surface area contributed by atoms with Crippen LogP contribution >= 0.6 is 0 Å². The number of unbranched alkanes of at least 4 members (excludes halogenated alkanes) is 1. The molecule has 0 bridgehead atoms. The first-order valence-corrected chi connectivity index (χ1v) is 10.5. The average Bonchev–Trinajstić information content (AvgIpc) is 2.67. The molecule has 8 heteroatoms. The van der Waals surface area contributed by atoms with Crippen LogP contribution in [-0.4, -0.2) is 92.1 Å². The fourth-order valence-corrected chi connectivity index (χ4v) is 4.07. The highest BCUT2D eigenvalue weighted by atomic mass is 16.5. The molecule has 2 heterocycles. The van der Waals surface area contributed by atoms with Gasteiger partial charge in [0, 0.05) is 52.2 Å². The summed E-state index contributed by atoms with van der Waals surface area (Å²) >= 11 is 0. The number of carbonyl (C=O) groups excluding carboxylic acids is 3. The van der Waals surface area contributed by atoms with Crippen molar-refractivity contribution in [2.75, 3.05) is 59.5 Å². The van der Waals surface area contributed by atoms with Gasteiger partial charge in [0.1, 0.15) is 0 Å². The number of nitrogens with zero attached hydrogens (tertiary/aromatic N) is 3. The van der Waals surface area contributed by atoms with Gasteiger partial charge in [-0.05, 0) is 31.1 Å². The monoisotopic (exact) mass is 396 g/mol. The number of likely N-dealkylation sites (tertiary alicyclic amines) is 1. The lowest BCUT2D eigenvalue weighted by Crippen LogP contribution is -2.54. The summed E-state index contributed by atoms with van der Waals surface area (Å²) in [6.45, 7) is 9.86. The molecule has 0 spiro atoms. The third kappa shape index (κ3) is 7.30. The fraction of sp³-hybridized carbons (Fsp3) is 0.850. The summed E-state index contributed by atoms with van der Waals surface area (Å²) in [5, 5.41) is 2.90. The zero-order chi connectivity index (χ0) is 20.5. The summed E-state index contributed by atoms with van der Waals surface area (Å²) in [4.78, 5) is 41.8. The normalized spacial score (nSPS) is 23.4. The highest BCUT2D eigenvalue weighted by Crippen LogP contribution is 2.21. The smallest absolute Gasteiger partial charge is 0.317 e. The van der Waals surface area contributed by atoms with E-state index in [1.54, 1.807) is 4.90 Å². The molecule has 3 amide bonds. The van der Waals surface area contributed by atoms with Crippen LogP contribution in [0.4, 0.5) is 4.79 Å². The quantitative estimate of drug-likeness (QED) is 0.516. The van der Waals surface area contributed by atoms with Gasteiger partial charge in [0.05, 0.1) is 13.7 Å². The van der Waals surface area contributed by atoms with E-state index >= 15 is 0 Å². The van der Waals surface area contributed by atoms with Crippen molar-refractivity contribution in [2.24, 2.45) is 11.8 Å². The zero-order valence-corrected chi connectivity index (χ0v) is 17.6. The van der Waals surface area contributed by atoms with Crippen molar-refractivity contribution >= 4 is 17.9 Å². The predicted molar refractivity (Wildman–Crippen MR) is 107 cm³/mol. The first kappa shape index (κ1) is 22.5. The zero-order valence-electron chi connectivity index (χ0n) is 17.6. The molecule has 2 saturated heterocycles. The van der Waals surface area contributed by atoms with Gasteiger partial charge in [-0.15, -0.1) is 0 Å². The Hall–Kier alpha value is -1.83. The molecule has 0 radical (unpaired) electrons. The molecule has 8 nitrogen and oxygen atoms in total. The molecule has 0 saturated carbocycles. The Morgan fingerprint density at radius 1 is 0.964 bits per heavy atom. The summed E-state index contributed by atoms with van der Waals surface area (Å²) in [5.74, 6) is 1.13. The van der Waals surface area contributed by atoms with E-state index in [-0.39, 0.29) is 17.9 Å². The van der Waals surface area contributed by atoms with E-state index in [1.807, 2.05) is 4.90 Å². The minimum absolute atomic E-state index is 0.0669. The van der Waals surface area contributed by atoms with Gasteiger partial charge >= 0.3 is 12.0 Å². The lowest BCUT2D eigenvalue weighted by Gasteiger charge is -2.38. The van der Waals surface area contributed by atoms with Crippen LogP contribution in [0.1, 0.15) is 39.5 Å². The van der Waals surface area contributed by atoms with Crippen molar-refractivity contribution in [1.29, 1.82) is 0 Å². The molecular formula is C20H36N4O4. The average molecular weight is 397 g/mol. The minimum atomic E-state index is -0.217. The molecule has 0 aromatic heterocycles. The molecule has 28 heavy (non-hydrogen) atoms. The van der Waals surface area contributed by atoms with E-state index in [4.69, 9.17) is 0 Å². The van der Waals surface area contributed by atoms with Crippen molar-refractivity contribution in [3.05, 3.63) is 0 Å². The standard InChI is InChI=1S/C20H36N4O4/c1-16-12-17(2)14-24(13-16)18(25)15-22-8-10-23(11-9-22)20(27)21-7-5-4-6-19(26)28-3/h16-17H,4-15H2,1-3H3,(H,21,27). The molecule has 2 rings (SSSR count). The van der Waals surface area contributed by atoms with Gasteiger partial charge in [-0.1, -0.05) is 13.8 Å². The van der Waals surface area contributed by atoms with Crippen LogP contribution in [0.15, 0.2) is 0 Å². The second kappa shape index (κ2) is 11.2. The SMILES string of the molecule is COC(=O)CCCCNC(=O)N1CCN(CC(=O)N2CC(C)CC(C)C2)CC1. The summed E-state index contributed by atoms with van der Waals surface area (Å²) < 4.78 is 4.59. The van der Waals surface area contributed by atoms with Crippen LogP contribution in [0.25, 0.3) is 0 Å². The van der Waals surface area contributed by atoms with Crippen LogP contribution in [0.5, 0.6) is 0 Å². The molecule has 2 atom stereocenters. The number of methoxy groups -OCH3 is 1. The maximum atomic E-state index is 12.6. The number of carbonyl (C=O) groups is 3. The predicted octanol–water partition coefficient (Wildman–Crippen LogP) is 1.16. The molecular weight excluding hydrogens is 360 g/mol. The Morgan fingerprint density at radius 3 is 2.21 bits per heavy atom. The summed E-state index contributed by atoms with van der Waals surface area (Å²) in [6.07, 6.45) is 3.03. The Morgan fingerprint density at radius 2 is 1.61 bits per heavy atom. The summed E-state index contributed by atoms with van der Waals surface area (Å²) in [7, 11) is 1.38. The molecule has 2 unspecified atom stereocenters. The topological polar surface area (TPSA) is 82.2 Å². The van der Waals surface area contributed by atoms with Gasteiger partial charge < -0.3 is 19.9 Å². The van der Waals surface area contributed by atoms with Gasteiger partial charge in [-0.2, -0.15) is 0 Å². The number of rotatable bonds is 7. The minimum Gasteiger partial charge on any atom is -0.469 e. The van der Waals surface area contributed by atoms with Gasteiger partial charge in [0.15, 0.2) is 0 Å². The van der Waals surface area contributed by atoms with E-state index in [0.717, 1.165) is 32.6 Å². The third-order valence-corrected chi connectivity index (χ3v) is 5.55. The van der Waals surface area contributed by atoms with Gasteiger partial charge in [0.2, 0.25) is 5.91 Å². The molecule has 2 aliphatic heterocycles. The number of ether oxygens (including phenoxy) is 1. The largest absolute Gasteiger partial charge is 0.469 e. The highest BCUT2D eigenvalue weighted by molar-refractivity contribution is 5.78. The van der Waals surface area contributed by atoms with E-state index in [2.05, 4.69) is 28.8 Å². The Kier molecular flexibility index (Phi) is 9.02. The first-order valence-electron chi connectivity index (χ1n) is 10.5.